The van der Waals surface area contributed by atoms with Gasteiger partial charge in [-0.05, 0) is 54.4 Å². The second-order valence-corrected chi connectivity index (χ2v) is 6.70. The van der Waals surface area contributed by atoms with E-state index in [0.29, 0.717) is 5.56 Å². The van der Waals surface area contributed by atoms with Gasteiger partial charge in [-0.15, -0.1) is 0 Å². The van der Waals surface area contributed by atoms with Crippen LogP contribution in [-0.4, -0.2) is 9.97 Å². The summed E-state index contributed by atoms with van der Waals surface area (Å²) in [6.45, 7) is 2.07. The largest absolute Gasteiger partial charge is 0.464 e. The molecule has 0 aliphatic heterocycles. The third kappa shape index (κ3) is 2.51. The number of furan rings is 1. The molecular formula is C23H16N4O. The van der Waals surface area contributed by atoms with E-state index in [1.165, 1.54) is 0 Å². The minimum atomic E-state index is 0.498. The fourth-order valence-electron chi connectivity index (χ4n) is 3.59. The number of benzene rings is 2. The molecule has 3 heterocycles. The average Bonchev–Trinajstić information content (AvgIpc) is 3.39. The zero-order chi connectivity index (χ0) is 19.1. The Morgan fingerprint density at radius 1 is 1.11 bits per heavy atom. The number of aryl methyl sites for hydroxylation is 1. The van der Waals surface area contributed by atoms with Crippen molar-refractivity contribution in [2.75, 3.05) is 5.32 Å². The van der Waals surface area contributed by atoms with Gasteiger partial charge < -0.3 is 14.7 Å². The second kappa shape index (κ2) is 6.29. The van der Waals surface area contributed by atoms with Gasteiger partial charge in [-0.1, -0.05) is 6.07 Å². The number of pyridine rings is 1. The number of aromatic nitrogens is 2. The molecule has 0 spiro atoms. The van der Waals surface area contributed by atoms with E-state index in [2.05, 4.69) is 34.3 Å². The quantitative estimate of drug-likeness (QED) is 0.418. The van der Waals surface area contributed by atoms with Crippen LogP contribution in [0.2, 0.25) is 0 Å². The highest BCUT2D eigenvalue weighted by molar-refractivity contribution is 5.93. The number of hydrogen-bond acceptors (Lipinski definition) is 4. The SMILES string of the molecule is Cc1c(Nc2c(C#N)cncc2-c2ccc3occc3c2)ccc2[nH]ccc12. The number of aromatic amines is 1. The summed E-state index contributed by atoms with van der Waals surface area (Å²) >= 11 is 0. The minimum Gasteiger partial charge on any atom is -0.464 e. The van der Waals surface area contributed by atoms with Crippen LogP contribution in [0.15, 0.2) is 71.7 Å². The molecule has 0 atom stereocenters. The van der Waals surface area contributed by atoms with Crippen LogP contribution < -0.4 is 5.32 Å². The topological polar surface area (TPSA) is 77.6 Å². The zero-order valence-electron chi connectivity index (χ0n) is 15.2. The highest BCUT2D eigenvalue weighted by atomic mass is 16.3. The fraction of sp³-hybridized carbons (Fsp3) is 0.0435. The van der Waals surface area contributed by atoms with Crippen molar-refractivity contribution in [3.05, 3.63) is 78.4 Å². The van der Waals surface area contributed by atoms with E-state index in [1.807, 2.05) is 42.6 Å². The number of rotatable bonds is 3. The van der Waals surface area contributed by atoms with E-state index >= 15 is 0 Å². The summed E-state index contributed by atoms with van der Waals surface area (Å²) < 4.78 is 5.44. The van der Waals surface area contributed by atoms with Gasteiger partial charge in [0.15, 0.2) is 0 Å². The van der Waals surface area contributed by atoms with Gasteiger partial charge in [0.05, 0.1) is 17.5 Å². The molecule has 0 fully saturated rings. The van der Waals surface area contributed by atoms with E-state index in [-0.39, 0.29) is 0 Å². The normalized spacial score (nSPS) is 11.0. The Bertz CT molecular complexity index is 1370. The molecule has 3 aromatic heterocycles. The third-order valence-corrected chi connectivity index (χ3v) is 5.09. The van der Waals surface area contributed by atoms with E-state index in [0.717, 1.165) is 49.9 Å². The molecule has 134 valence electrons. The highest BCUT2D eigenvalue weighted by Crippen LogP contribution is 2.36. The number of hydrogen-bond donors (Lipinski definition) is 2. The molecule has 5 heteroatoms. The maximum atomic E-state index is 9.66. The molecule has 0 saturated heterocycles. The molecule has 0 aliphatic carbocycles. The van der Waals surface area contributed by atoms with Crippen molar-refractivity contribution < 1.29 is 4.42 Å². The first-order valence-electron chi connectivity index (χ1n) is 8.94. The Balaban J connectivity index is 1.67. The molecule has 5 aromatic rings. The van der Waals surface area contributed by atoms with Crippen LogP contribution >= 0.6 is 0 Å². The first kappa shape index (κ1) is 16.2. The van der Waals surface area contributed by atoms with E-state index < -0.39 is 0 Å². The molecule has 2 aromatic carbocycles. The number of anilines is 2. The van der Waals surface area contributed by atoms with Crippen molar-refractivity contribution in [3.63, 3.8) is 0 Å². The number of nitrogens with zero attached hydrogens (tertiary/aromatic N) is 2. The molecular weight excluding hydrogens is 348 g/mol. The summed E-state index contributed by atoms with van der Waals surface area (Å²) in [5, 5.41) is 15.3. The number of nitriles is 1. The smallest absolute Gasteiger partial charge is 0.133 e. The van der Waals surface area contributed by atoms with Crippen LogP contribution in [0.3, 0.4) is 0 Å². The molecule has 0 radical (unpaired) electrons. The number of H-pyrrole nitrogens is 1. The van der Waals surface area contributed by atoms with Gasteiger partial charge in [-0.3, -0.25) is 4.98 Å². The second-order valence-electron chi connectivity index (χ2n) is 6.70. The number of nitrogens with one attached hydrogen (secondary N) is 2. The lowest BCUT2D eigenvalue weighted by atomic mass is 10.0. The van der Waals surface area contributed by atoms with Crippen LogP contribution in [0.5, 0.6) is 0 Å². The lowest BCUT2D eigenvalue weighted by Gasteiger charge is -2.16. The lowest BCUT2D eigenvalue weighted by molar-refractivity contribution is 0.616. The van der Waals surface area contributed by atoms with Gasteiger partial charge >= 0.3 is 0 Å². The summed E-state index contributed by atoms with van der Waals surface area (Å²) in [5.74, 6) is 0. The van der Waals surface area contributed by atoms with Gasteiger partial charge in [-0.2, -0.15) is 5.26 Å². The van der Waals surface area contributed by atoms with Crippen molar-refractivity contribution in [2.24, 2.45) is 0 Å². The zero-order valence-corrected chi connectivity index (χ0v) is 15.2. The lowest BCUT2D eigenvalue weighted by Crippen LogP contribution is -2.00. The summed E-state index contributed by atoms with van der Waals surface area (Å²) in [7, 11) is 0. The molecule has 5 nitrogen and oxygen atoms in total. The van der Waals surface area contributed by atoms with Crippen LogP contribution in [0.1, 0.15) is 11.1 Å². The van der Waals surface area contributed by atoms with Gasteiger partial charge in [-0.25, -0.2) is 0 Å². The predicted octanol–water partition coefficient (Wildman–Crippen LogP) is 5.90. The average molecular weight is 364 g/mol. The fourth-order valence-corrected chi connectivity index (χ4v) is 3.59. The molecule has 28 heavy (non-hydrogen) atoms. The monoisotopic (exact) mass is 364 g/mol. The van der Waals surface area contributed by atoms with Crippen molar-refractivity contribution in [3.8, 4) is 17.2 Å². The van der Waals surface area contributed by atoms with Crippen molar-refractivity contribution in [1.82, 2.24) is 9.97 Å². The first-order chi connectivity index (χ1) is 13.7. The molecule has 0 bridgehead atoms. The van der Waals surface area contributed by atoms with Crippen LogP contribution in [-0.2, 0) is 0 Å². The third-order valence-electron chi connectivity index (χ3n) is 5.09. The van der Waals surface area contributed by atoms with Gasteiger partial charge in [0.25, 0.3) is 0 Å². The molecule has 0 unspecified atom stereocenters. The Labute approximate surface area is 161 Å². The summed E-state index contributed by atoms with van der Waals surface area (Å²) in [4.78, 5) is 7.50. The van der Waals surface area contributed by atoms with E-state index in [4.69, 9.17) is 4.42 Å². The molecule has 5 rings (SSSR count). The standard InChI is InChI=1S/C23H16N4O/c1-14-18-6-8-26-21(18)4-3-20(14)27-23-17(11-24)12-25-13-19(23)15-2-5-22-16(10-15)7-9-28-22/h2-10,12-13,26H,1H3,(H,25,27). The molecule has 0 saturated carbocycles. The van der Waals surface area contributed by atoms with Crippen LogP contribution in [0.25, 0.3) is 33.0 Å². The van der Waals surface area contributed by atoms with Crippen molar-refractivity contribution in [2.45, 2.75) is 6.92 Å². The minimum absolute atomic E-state index is 0.498. The predicted molar refractivity (Wildman–Crippen MR) is 110 cm³/mol. The van der Waals surface area contributed by atoms with E-state index in [1.54, 1.807) is 18.7 Å². The maximum absolute atomic E-state index is 9.66. The van der Waals surface area contributed by atoms with Gasteiger partial charge in [0.2, 0.25) is 0 Å². The van der Waals surface area contributed by atoms with Crippen LogP contribution in [0.4, 0.5) is 11.4 Å². The molecule has 2 N–H and O–H groups in total. The molecule has 0 aliphatic rings. The van der Waals surface area contributed by atoms with Gasteiger partial charge in [0.1, 0.15) is 11.7 Å². The Morgan fingerprint density at radius 3 is 2.93 bits per heavy atom. The van der Waals surface area contributed by atoms with Crippen molar-refractivity contribution >= 4 is 33.2 Å². The highest BCUT2D eigenvalue weighted by Gasteiger charge is 2.14. The van der Waals surface area contributed by atoms with E-state index in [9.17, 15) is 5.26 Å². The summed E-state index contributed by atoms with van der Waals surface area (Å²) in [6.07, 6.45) is 6.98. The first-order valence-corrected chi connectivity index (χ1v) is 8.94. The van der Waals surface area contributed by atoms with Crippen molar-refractivity contribution in [1.29, 1.82) is 5.26 Å². The Hall–Kier alpha value is -4.04. The number of fused-ring (bicyclic) bond motifs is 2. The van der Waals surface area contributed by atoms with Gasteiger partial charge in [0, 0.05) is 46.1 Å². The van der Waals surface area contributed by atoms with Crippen LogP contribution in [0, 0.1) is 18.3 Å². The maximum Gasteiger partial charge on any atom is 0.133 e. The Morgan fingerprint density at radius 2 is 2.04 bits per heavy atom. The Kier molecular flexibility index (Phi) is 3.63. The summed E-state index contributed by atoms with van der Waals surface area (Å²) in [6, 6.07) is 16.3. The summed E-state index contributed by atoms with van der Waals surface area (Å²) in [5.41, 5.74) is 7.09. The molecule has 0 amide bonds.